The lowest BCUT2D eigenvalue weighted by atomic mass is 10.1. The highest BCUT2D eigenvalue weighted by atomic mass is 32.1. The summed E-state index contributed by atoms with van der Waals surface area (Å²) in [6, 6.07) is 0.250. The molecule has 17 heavy (non-hydrogen) atoms. The lowest BCUT2D eigenvalue weighted by molar-refractivity contribution is 0.0926. The molecular formula is C12H19N3OS. The first-order valence-corrected chi connectivity index (χ1v) is 7.02. The fraction of sp³-hybridized carbons (Fsp3) is 0.667. The van der Waals surface area contributed by atoms with Crippen LogP contribution >= 0.6 is 11.3 Å². The molecule has 1 aliphatic heterocycles. The molecule has 1 aromatic heterocycles. The normalized spacial score (nSPS) is 20.5. The van der Waals surface area contributed by atoms with Gasteiger partial charge in [-0.1, -0.05) is 13.8 Å². The van der Waals surface area contributed by atoms with Gasteiger partial charge in [-0.3, -0.25) is 4.79 Å². The number of amides is 1. The number of nitrogens with zero attached hydrogens (tertiary/aromatic N) is 1. The molecule has 4 nitrogen and oxygen atoms in total. The van der Waals surface area contributed by atoms with Gasteiger partial charge in [0, 0.05) is 23.9 Å². The zero-order chi connectivity index (χ0) is 12.3. The molecular weight excluding hydrogens is 234 g/mol. The molecule has 0 aromatic carbocycles. The van der Waals surface area contributed by atoms with Crippen molar-refractivity contribution in [2.24, 2.45) is 0 Å². The molecule has 2 rings (SSSR count). The van der Waals surface area contributed by atoms with Crippen LogP contribution in [-0.4, -0.2) is 30.0 Å². The minimum Gasteiger partial charge on any atom is -0.347 e. The summed E-state index contributed by atoms with van der Waals surface area (Å²) in [5, 5.41) is 9.19. The average Bonchev–Trinajstić information content (AvgIpc) is 2.79. The number of thiazole rings is 1. The largest absolute Gasteiger partial charge is 0.347 e. The van der Waals surface area contributed by atoms with Gasteiger partial charge in [0.2, 0.25) is 0 Å². The first-order valence-electron chi connectivity index (χ1n) is 6.14. The molecule has 0 bridgehead atoms. The van der Waals surface area contributed by atoms with E-state index in [2.05, 4.69) is 29.5 Å². The van der Waals surface area contributed by atoms with Crippen LogP contribution in [0.15, 0.2) is 5.38 Å². The number of hydrogen-bond acceptors (Lipinski definition) is 4. The fourth-order valence-corrected chi connectivity index (χ4v) is 2.71. The van der Waals surface area contributed by atoms with E-state index in [1.807, 2.05) is 5.38 Å². The minimum atomic E-state index is -0.0400. The van der Waals surface area contributed by atoms with Crippen molar-refractivity contribution in [1.82, 2.24) is 15.6 Å². The van der Waals surface area contributed by atoms with E-state index in [4.69, 9.17) is 0 Å². The summed E-state index contributed by atoms with van der Waals surface area (Å²) in [6.07, 6.45) is 2.18. The highest BCUT2D eigenvalue weighted by molar-refractivity contribution is 7.09. The zero-order valence-corrected chi connectivity index (χ0v) is 11.1. The van der Waals surface area contributed by atoms with E-state index in [1.54, 1.807) is 11.3 Å². The molecule has 94 valence electrons. The lowest BCUT2D eigenvalue weighted by Gasteiger charge is -2.23. The first-order chi connectivity index (χ1) is 8.16. The van der Waals surface area contributed by atoms with Gasteiger partial charge in [-0.2, -0.15) is 0 Å². The Balaban J connectivity index is 1.94. The smallest absolute Gasteiger partial charge is 0.271 e. The van der Waals surface area contributed by atoms with Gasteiger partial charge in [-0.25, -0.2) is 4.98 Å². The van der Waals surface area contributed by atoms with E-state index in [1.165, 1.54) is 0 Å². The van der Waals surface area contributed by atoms with Crippen molar-refractivity contribution in [3.05, 3.63) is 16.1 Å². The van der Waals surface area contributed by atoms with Gasteiger partial charge in [-0.05, 0) is 19.4 Å². The molecule has 2 heterocycles. The maximum atomic E-state index is 12.0. The van der Waals surface area contributed by atoms with Crippen LogP contribution in [0, 0.1) is 0 Å². The Bertz CT molecular complexity index is 383. The number of rotatable bonds is 3. The van der Waals surface area contributed by atoms with E-state index < -0.39 is 0 Å². The topological polar surface area (TPSA) is 54.0 Å². The third-order valence-corrected chi connectivity index (χ3v) is 4.03. The molecule has 0 aliphatic carbocycles. The van der Waals surface area contributed by atoms with Crippen molar-refractivity contribution >= 4 is 17.2 Å². The SMILES string of the molecule is CC(C)c1nc(C(=O)NC2CCCNC2)cs1. The third kappa shape index (κ3) is 3.26. The number of piperidine rings is 1. The Hall–Kier alpha value is -0.940. The Kier molecular flexibility index (Phi) is 4.12. The van der Waals surface area contributed by atoms with Crippen molar-refractivity contribution < 1.29 is 4.79 Å². The second-order valence-corrected chi connectivity index (χ2v) is 5.63. The van der Waals surface area contributed by atoms with Crippen LogP contribution in [0.1, 0.15) is 48.1 Å². The molecule has 1 aliphatic rings. The van der Waals surface area contributed by atoms with Crippen molar-refractivity contribution in [3.63, 3.8) is 0 Å². The summed E-state index contributed by atoms with van der Waals surface area (Å²) >= 11 is 1.56. The zero-order valence-electron chi connectivity index (χ0n) is 10.3. The van der Waals surface area contributed by atoms with E-state index in [0.29, 0.717) is 11.6 Å². The quantitative estimate of drug-likeness (QED) is 0.863. The Morgan fingerprint density at radius 3 is 3.06 bits per heavy atom. The lowest BCUT2D eigenvalue weighted by Crippen LogP contribution is -2.45. The van der Waals surface area contributed by atoms with Crippen LogP contribution < -0.4 is 10.6 Å². The van der Waals surface area contributed by atoms with E-state index in [9.17, 15) is 4.79 Å². The summed E-state index contributed by atoms with van der Waals surface area (Å²) < 4.78 is 0. The molecule has 1 aromatic rings. The summed E-state index contributed by atoms with van der Waals surface area (Å²) in [5.74, 6) is 0.347. The van der Waals surface area contributed by atoms with Gasteiger partial charge in [0.15, 0.2) is 0 Å². The van der Waals surface area contributed by atoms with Gasteiger partial charge >= 0.3 is 0 Å². The second kappa shape index (κ2) is 5.60. The number of aromatic nitrogens is 1. The van der Waals surface area contributed by atoms with Crippen molar-refractivity contribution in [3.8, 4) is 0 Å². The van der Waals surface area contributed by atoms with Crippen molar-refractivity contribution in [2.45, 2.75) is 38.6 Å². The summed E-state index contributed by atoms with van der Waals surface area (Å²) in [6.45, 7) is 6.10. The van der Waals surface area contributed by atoms with E-state index >= 15 is 0 Å². The molecule has 1 amide bonds. The number of carbonyl (C=O) groups is 1. The van der Waals surface area contributed by atoms with Crippen molar-refractivity contribution in [1.29, 1.82) is 0 Å². The predicted octanol–water partition coefficient (Wildman–Crippen LogP) is 1.75. The van der Waals surface area contributed by atoms with Gasteiger partial charge in [0.1, 0.15) is 5.69 Å². The molecule has 1 unspecified atom stereocenters. The van der Waals surface area contributed by atoms with Gasteiger partial charge in [-0.15, -0.1) is 11.3 Å². The number of hydrogen-bond donors (Lipinski definition) is 2. The Labute approximate surface area is 106 Å². The molecule has 0 spiro atoms. The molecule has 0 radical (unpaired) electrons. The molecule has 0 saturated carbocycles. The van der Waals surface area contributed by atoms with Crippen LogP contribution in [0.3, 0.4) is 0 Å². The van der Waals surface area contributed by atoms with E-state index in [-0.39, 0.29) is 11.9 Å². The van der Waals surface area contributed by atoms with Crippen LogP contribution in [0.25, 0.3) is 0 Å². The Morgan fingerprint density at radius 2 is 2.47 bits per heavy atom. The molecule has 1 atom stereocenters. The average molecular weight is 253 g/mol. The minimum absolute atomic E-state index is 0.0400. The van der Waals surface area contributed by atoms with Gasteiger partial charge < -0.3 is 10.6 Å². The van der Waals surface area contributed by atoms with Crippen LogP contribution in [0.2, 0.25) is 0 Å². The Morgan fingerprint density at radius 1 is 1.65 bits per heavy atom. The molecule has 1 saturated heterocycles. The van der Waals surface area contributed by atoms with Crippen molar-refractivity contribution in [2.75, 3.05) is 13.1 Å². The van der Waals surface area contributed by atoms with Crippen LogP contribution in [0.4, 0.5) is 0 Å². The highest BCUT2D eigenvalue weighted by Crippen LogP contribution is 2.19. The first kappa shape index (κ1) is 12.5. The standard InChI is InChI=1S/C12H19N3OS/c1-8(2)12-15-10(7-17-12)11(16)14-9-4-3-5-13-6-9/h7-9,13H,3-6H2,1-2H3,(H,14,16). The third-order valence-electron chi connectivity index (χ3n) is 2.88. The second-order valence-electron chi connectivity index (χ2n) is 4.74. The van der Waals surface area contributed by atoms with Crippen LogP contribution in [0.5, 0.6) is 0 Å². The maximum absolute atomic E-state index is 12.0. The number of nitrogens with one attached hydrogen (secondary N) is 2. The summed E-state index contributed by atoms with van der Waals surface area (Å²) in [5.41, 5.74) is 0.560. The molecule has 2 N–H and O–H groups in total. The summed E-state index contributed by atoms with van der Waals surface area (Å²) in [4.78, 5) is 16.3. The summed E-state index contributed by atoms with van der Waals surface area (Å²) in [7, 11) is 0. The highest BCUT2D eigenvalue weighted by Gasteiger charge is 2.18. The fourth-order valence-electron chi connectivity index (χ4n) is 1.89. The molecule has 5 heteroatoms. The number of carbonyl (C=O) groups excluding carboxylic acids is 1. The van der Waals surface area contributed by atoms with Gasteiger partial charge in [0.25, 0.3) is 5.91 Å². The maximum Gasteiger partial charge on any atom is 0.271 e. The van der Waals surface area contributed by atoms with Crippen LogP contribution in [-0.2, 0) is 0 Å². The monoisotopic (exact) mass is 253 g/mol. The predicted molar refractivity (Wildman–Crippen MR) is 69.6 cm³/mol. The molecule has 1 fully saturated rings. The van der Waals surface area contributed by atoms with Gasteiger partial charge in [0.05, 0.1) is 5.01 Å². The van der Waals surface area contributed by atoms with E-state index in [0.717, 1.165) is 30.9 Å².